The minimum absolute atomic E-state index is 0.0516. The highest BCUT2D eigenvalue weighted by atomic mass is 35.5. The first kappa shape index (κ1) is 20.0. The fraction of sp³-hybridized carbons (Fsp3) is 0.240. The fourth-order valence-corrected chi connectivity index (χ4v) is 7.23. The molecule has 3 aliphatic heterocycles. The van der Waals surface area contributed by atoms with Crippen LogP contribution in [0.1, 0.15) is 27.4 Å². The zero-order valence-electron chi connectivity index (χ0n) is 17.1. The highest BCUT2D eigenvalue weighted by molar-refractivity contribution is 7.99. The Kier molecular flexibility index (Phi) is 4.64. The van der Waals surface area contributed by atoms with Gasteiger partial charge in [0, 0.05) is 57.8 Å². The van der Waals surface area contributed by atoms with Crippen molar-refractivity contribution >= 4 is 40.7 Å². The Labute approximate surface area is 195 Å². The molecular weight excluding hydrogens is 442 g/mol. The van der Waals surface area contributed by atoms with Gasteiger partial charge < -0.3 is 5.32 Å². The molecular formula is C25H20ClN3O2S. The van der Waals surface area contributed by atoms with E-state index < -0.39 is 11.5 Å². The van der Waals surface area contributed by atoms with E-state index in [1.807, 2.05) is 60.3 Å². The van der Waals surface area contributed by atoms with Gasteiger partial charge in [-0.2, -0.15) is 0 Å². The zero-order valence-corrected chi connectivity index (χ0v) is 18.6. The zero-order chi connectivity index (χ0) is 21.9. The number of rotatable bonds is 3. The molecule has 0 aliphatic carbocycles. The molecule has 0 radical (unpaired) electrons. The number of fused-ring (bicyclic) bond motifs is 4. The molecule has 3 aromatic rings. The molecule has 1 spiro atoms. The van der Waals surface area contributed by atoms with E-state index in [9.17, 15) is 9.59 Å². The molecule has 4 heterocycles. The monoisotopic (exact) mass is 461 g/mol. The normalized spacial score (nSPS) is 28.5. The third-order valence-corrected chi connectivity index (χ3v) is 8.30. The summed E-state index contributed by atoms with van der Waals surface area (Å²) >= 11 is 7.99. The van der Waals surface area contributed by atoms with Crippen molar-refractivity contribution in [3.8, 4) is 0 Å². The quantitative estimate of drug-likeness (QED) is 0.579. The molecule has 6 rings (SSSR count). The van der Waals surface area contributed by atoms with E-state index in [0.29, 0.717) is 16.5 Å². The molecule has 3 aliphatic rings. The summed E-state index contributed by atoms with van der Waals surface area (Å²) in [5, 5.41) is 3.73. The molecule has 0 unspecified atom stereocenters. The van der Waals surface area contributed by atoms with E-state index in [1.54, 1.807) is 24.5 Å². The molecule has 1 aromatic heterocycles. The Balaban J connectivity index is 1.62. The van der Waals surface area contributed by atoms with Gasteiger partial charge >= 0.3 is 0 Å². The number of para-hydroxylation sites is 1. The Morgan fingerprint density at radius 2 is 1.94 bits per heavy atom. The molecule has 4 atom stereocenters. The average Bonchev–Trinajstić information content (AvgIpc) is 3.48. The number of aromatic nitrogens is 1. The standard InChI is InChI=1S/C25H20ClN3O2S/c26-17-9-7-15(8-10-17)21-20-13-32-14-29(20)25(18-5-1-2-6-19(18)28-24(25)31)22(21)23(30)16-4-3-11-27-12-16/h1-12,20-22H,13-14H2,(H,28,31)/t20-,21+,22+,25-/m1/s1. The van der Waals surface area contributed by atoms with E-state index in [-0.39, 0.29) is 23.7 Å². The minimum atomic E-state index is -1.05. The highest BCUT2D eigenvalue weighted by Crippen LogP contribution is 2.61. The number of nitrogens with one attached hydrogen (secondary N) is 1. The Hall–Kier alpha value is -2.67. The summed E-state index contributed by atoms with van der Waals surface area (Å²) in [5.74, 6) is 0.665. The molecule has 1 amide bonds. The number of anilines is 1. The molecule has 1 N–H and O–H groups in total. The second-order valence-corrected chi connectivity index (χ2v) is 9.90. The summed E-state index contributed by atoms with van der Waals surface area (Å²) in [4.78, 5) is 34.4. The largest absolute Gasteiger partial charge is 0.324 e. The first-order valence-electron chi connectivity index (χ1n) is 10.6. The topological polar surface area (TPSA) is 62.3 Å². The van der Waals surface area contributed by atoms with Gasteiger partial charge in [-0.1, -0.05) is 41.9 Å². The molecule has 5 nitrogen and oxygen atoms in total. The summed E-state index contributed by atoms with van der Waals surface area (Å²) < 4.78 is 0. The van der Waals surface area contributed by atoms with Gasteiger partial charge in [0.25, 0.3) is 0 Å². The summed E-state index contributed by atoms with van der Waals surface area (Å²) in [5.41, 5.74) is 2.18. The molecule has 7 heteroatoms. The second-order valence-electron chi connectivity index (χ2n) is 8.46. The third-order valence-electron chi connectivity index (χ3n) is 7.01. The SMILES string of the molecule is O=C(c1cccnc1)[C@@H]1[C@@H](c2ccc(Cl)cc2)[C@H]2CSCN2[C@@]12C(=O)Nc1ccccc12. The number of carbonyl (C=O) groups excluding carboxylic acids is 2. The Morgan fingerprint density at radius 3 is 2.72 bits per heavy atom. The molecule has 2 saturated heterocycles. The summed E-state index contributed by atoms with van der Waals surface area (Å²) in [6.07, 6.45) is 3.26. The number of thioether (sulfide) groups is 1. The predicted molar refractivity (Wildman–Crippen MR) is 126 cm³/mol. The highest BCUT2D eigenvalue weighted by Gasteiger charge is 2.69. The van der Waals surface area contributed by atoms with Gasteiger partial charge in [0.15, 0.2) is 5.78 Å². The summed E-state index contributed by atoms with van der Waals surface area (Å²) in [7, 11) is 0. The lowest BCUT2D eigenvalue weighted by atomic mass is 9.69. The van der Waals surface area contributed by atoms with Gasteiger partial charge in [-0.05, 0) is 35.9 Å². The number of Topliss-reactive ketones (excluding diaryl/α,β-unsaturated/α-hetero) is 1. The van der Waals surface area contributed by atoms with E-state index >= 15 is 0 Å². The Morgan fingerprint density at radius 1 is 1.12 bits per heavy atom. The lowest BCUT2D eigenvalue weighted by Gasteiger charge is -2.36. The van der Waals surface area contributed by atoms with Crippen LogP contribution in [0.3, 0.4) is 0 Å². The van der Waals surface area contributed by atoms with Crippen molar-refractivity contribution in [3.63, 3.8) is 0 Å². The number of pyridine rings is 1. The first-order valence-corrected chi connectivity index (χ1v) is 12.1. The van der Waals surface area contributed by atoms with Gasteiger partial charge in [-0.25, -0.2) is 0 Å². The molecule has 0 saturated carbocycles. The first-order chi connectivity index (χ1) is 15.6. The van der Waals surface area contributed by atoms with Crippen LogP contribution >= 0.6 is 23.4 Å². The van der Waals surface area contributed by atoms with Crippen LogP contribution in [-0.4, -0.2) is 39.2 Å². The van der Waals surface area contributed by atoms with Crippen molar-refractivity contribution < 1.29 is 9.59 Å². The second kappa shape index (κ2) is 7.44. The maximum atomic E-state index is 14.2. The van der Waals surface area contributed by atoms with Crippen molar-refractivity contribution in [2.24, 2.45) is 5.92 Å². The number of halogens is 1. The van der Waals surface area contributed by atoms with Crippen LogP contribution in [0, 0.1) is 5.92 Å². The lowest BCUT2D eigenvalue weighted by molar-refractivity contribution is -0.127. The van der Waals surface area contributed by atoms with Crippen molar-refractivity contribution in [2.75, 3.05) is 16.9 Å². The van der Waals surface area contributed by atoms with Crippen molar-refractivity contribution in [1.29, 1.82) is 0 Å². The van der Waals surface area contributed by atoms with Gasteiger partial charge in [0.2, 0.25) is 5.91 Å². The van der Waals surface area contributed by atoms with Crippen LogP contribution in [0.4, 0.5) is 5.69 Å². The maximum absolute atomic E-state index is 14.2. The summed E-state index contributed by atoms with van der Waals surface area (Å²) in [6.45, 7) is 0. The van der Waals surface area contributed by atoms with Crippen molar-refractivity contribution in [2.45, 2.75) is 17.5 Å². The number of carbonyl (C=O) groups is 2. The van der Waals surface area contributed by atoms with Crippen LogP contribution in [-0.2, 0) is 10.3 Å². The van der Waals surface area contributed by atoms with E-state index in [0.717, 1.165) is 22.6 Å². The number of ketones is 1. The number of amides is 1. The lowest BCUT2D eigenvalue weighted by Crippen LogP contribution is -2.52. The van der Waals surface area contributed by atoms with Crippen molar-refractivity contribution in [1.82, 2.24) is 9.88 Å². The van der Waals surface area contributed by atoms with Crippen LogP contribution < -0.4 is 5.32 Å². The predicted octanol–water partition coefficient (Wildman–Crippen LogP) is 4.55. The molecule has 0 bridgehead atoms. The van der Waals surface area contributed by atoms with Crippen LogP contribution in [0.5, 0.6) is 0 Å². The van der Waals surface area contributed by atoms with Gasteiger partial charge in [-0.3, -0.25) is 19.5 Å². The molecule has 32 heavy (non-hydrogen) atoms. The van der Waals surface area contributed by atoms with Crippen molar-refractivity contribution in [3.05, 3.63) is 94.8 Å². The van der Waals surface area contributed by atoms with E-state index in [4.69, 9.17) is 11.6 Å². The Bertz CT molecular complexity index is 1220. The smallest absolute Gasteiger partial charge is 0.250 e. The van der Waals surface area contributed by atoms with Crippen LogP contribution in [0.15, 0.2) is 73.1 Å². The number of hydrogen-bond acceptors (Lipinski definition) is 5. The third kappa shape index (κ3) is 2.66. The van der Waals surface area contributed by atoms with Gasteiger partial charge in [0.1, 0.15) is 5.54 Å². The van der Waals surface area contributed by atoms with Gasteiger partial charge in [0.05, 0.1) is 5.92 Å². The summed E-state index contributed by atoms with van der Waals surface area (Å²) in [6, 6.07) is 19.1. The van der Waals surface area contributed by atoms with Gasteiger partial charge in [-0.15, -0.1) is 11.8 Å². The fourth-order valence-electron chi connectivity index (χ4n) is 5.78. The number of benzene rings is 2. The molecule has 2 aromatic carbocycles. The number of nitrogens with zero attached hydrogens (tertiary/aromatic N) is 2. The maximum Gasteiger partial charge on any atom is 0.250 e. The minimum Gasteiger partial charge on any atom is -0.324 e. The number of hydrogen-bond donors (Lipinski definition) is 1. The van der Waals surface area contributed by atoms with Crippen LogP contribution in [0.2, 0.25) is 5.02 Å². The average molecular weight is 462 g/mol. The molecule has 2 fully saturated rings. The van der Waals surface area contributed by atoms with Crippen LogP contribution in [0.25, 0.3) is 0 Å². The van der Waals surface area contributed by atoms with E-state index in [1.165, 1.54) is 0 Å². The molecule has 160 valence electrons. The van der Waals surface area contributed by atoms with E-state index in [2.05, 4.69) is 15.2 Å².